The minimum Gasteiger partial charge on any atom is -0.365 e. The highest BCUT2D eigenvalue weighted by molar-refractivity contribution is 7.19. The van der Waals surface area contributed by atoms with Gasteiger partial charge in [-0.05, 0) is 6.07 Å². The van der Waals surface area contributed by atoms with Gasteiger partial charge in [-0.15, -0.1) is 11.3 Å². The Morgan fingerprint density at radius 3 is 2.90 bits per heavy atom. The Balaban J connectivity index is 1.58. The van der Waals surface area contributed by atoms with Crippen molar-refractivity contribution in [2.24, 2.45) is 19.8 Å². The van der Waals surface area contributed by atoms with Crippen LogP contribution in [-0.4, -0.2) is 45.2 Å². The maximum Gasteiger partial charge on any atom is 0.291 e. The van der Waals surface area contributed by atoms with Crippen molar-refractivity contribution in [1.29, 1.82) is 0 Å². The van der Waals surface area contributed by atoms with Crippen LogP contribution in [0, 0.1) is 0 Å². The summed E-state index contributed by atoms with van der Waals surface area (Å²) in [6.45, 7) is 0.0468. The number of carbonyl (C=O) groups excluding carboxylic acids is 1. The maximum atomic E-state index is 13.1. The molecule has 0 spiro atoms. The van der Waals surface area contributed by atoms with Crippen LogP contribution in [0.4, 0.5) is 0 Å². The summed E-state index contributed by atoms with van der Waals surface area (Å²) in [4.78, 5) is 29.5. The van der Waals surface area contributed by atoms with Gasteiger partial charge >= 0.3 is 0 Å². The number of carbonyl (C=O) groups is 1. The Kier molecular flexibility index (Phi) is 4.03. The summed E-state index contributed by atoms with van der Waals surface area (Å²) in [5.41, 5.74) is 8.01. The molecule has 5 aromatic rings. The molecule has 0 fully saturated rings. The molecule has 1 amide bonds. The summed E-state index contributed by atoms with van der Waals surface area (Å²) in [5, 5.41) is 17.1. The minimum atomic E-state index is -0.597. The molecule has 0 aliphatic carbocycles. The minimum absolute atomic E-state index is 0.0468. The van der Waals surface area contributed by atoms with E-state index in [0.29, 0.717) is 17.6 Å². The van der Waals surface area contributed by atoms with Gasteiger partial charge in [-0.3, -0.25) is 19.4 Å². The van der Waals surface area contributed by atoms with Crippen molar-refractivity contribution in [2.45, 2.75) is 13.0 Å². The van der Waals surface area contributed by atoms with Gasteiger partial charge in [-0.1, -0.05) is 0 Å². The molecule has 5 heterocycles. The third kappa shape index (κ3) is 2.80. The van der Waals surface area contributed by atoms with Gasteiger partial charge in [0.2, 0.25) is 0 Å². The van der Waals surface area contributed by atoms with Crippen LogP contribution in [0.1, 0.15) is 26.8 Å². The first kappa shape index (κ1) is 18.2. The van der Waals surface area contributed by atoms with Gasteiger partial charge in [0.15, 0.2) is 5.65 Å². The van der Waals surface area contributed by atoms with Gasteiger partial charge in [0.1, 0.15) is 10.5 Å². The summed E-state index contributed by atoms with van der Waals surface area (Å²) in [6.07, 6.45) is 5.53. The lowest BCUT2D eigenvalue weighted by Crippen LogP contribution is -2.26. The second kappa shape index (κ2) is 6.62. The quantitative estimate of drug-likeness (QED) is 0.422. The van der Waals surface area contributed by atoms with Gasteiger partial charge in [-0.2, -0.15) is 15.3 Å². The summed E-state index contributed by atoms with van der Waals surface area (Å²) in [6, 6.07) is 1.91. The third-order valence-corrected chi connectivity index (χ3v) is 6.02. The normalized spacial score (nSPS) is 11.7. The van der Waals surface area contributed by atoms with E-state index in [2.05, 4.69) is 20.4 Å². The van der Waals surface area contributed by atoms with Crippen LogP contribution in [-0.2, 0) is 27.1 Å². The van der Waals surface area contributed by atoms with Gasteiger partial charge in [0.05, 0.1) is 28.7 Å². The Morgan fingerprint density at radius 1 is 1.33 bits per heavy atom. The number of rotatable bonds is 5. The van der Waals surface area contributed by atoms with E-state index in [1.54, 1.807) is 24.0 Å². The number of nitrogens with zero attached hydrogens (tertiary/aromatic N) is 7. The van der Waals surface area contributed by atoms with E-state index in [9.17, 15) is 9.59 Å². The van der Waals surface area contributed by atoms with Crippen LogP contribution in [0.15, 0.2) is 29.5 Å². The number of aryl methyl sites for hydroxylation is 2. The van der Waals surface area contributed by atoms with Gasteiger partial charge in [0, 0.05) is 44.0 Å². The first-order valence-electron chi connectivity index (χ1n) is 9.07. The number of fused-ring (bicyclic) bond motifs is 3. The van der Waals surface area contributed by atoms with E-state index in [1.807, 2.05) is 13.1 Å². The number of aromatic amines is 1. The largest absolute Gasteiger partial charge is 0.365 e. The van der Waals surface area contributed by atoms with E-state index >= 15 is 0 Å². The van der Waals surface area contributed by atoms with Crippen molar-refractivity contribution in [2.75, 3.05) is 0 Å². The van der Waals surface area contributed by atoms with Crippen LogP contribution in [0.25, 0.3) is 21.3 Å². The Labute approximate surface area is 172 Å². The average molecular weight is 423 g/mol. The second-order valence-electron chi connectivity index (χ2n) is 6.98. The highest BCUT2D eigenvalue weighted by Crippen LogP contribution is 2.31. The van der Waals surface area contributed by atoms with Gasteiger partial charge in [-0.25, -0.2) is 9.67 Å². The Hall–Kier alpha value is -3.80. The van der Waals surface area contributed by atoms with E-state index in [1.165, 1.54) is 26.9 Å². The van der Waals surface area contributed by atoms with Crippen molar-refractivity contribution in [3.8, 4) is 0 Å². The van der Waals surface area contributed by atoms with Crippen LogP contribution >= 0.6 is 11.3 Å². The standard InChI is InChI=1S/C18H17N9O2S/c1-25-7-11(16(19)28)12(24-25)8-27-18(29)14-10(6-21-27)15-17(26(14)2)22-13(30-15)5-9-3-4-20-23-9/h3-4,6-7H,5,8H2,1-2H3,(H2,19,28)(H,20,23). The van der Waals surface area contributed by atoms with Crippen molar-refractivity contribution in [3.05, 3.63) is 57.0 Å². The zero-order valence-corrected chi connectivity index (χ0v) is 17.0. The molecule has 0 atom stereocenters. The van der Waals surface area contributed by atoms with Crippen molar-refractivity contribution >= 4 is 38.5 Å². The number of nitrogens with two attached hydrogens (primary N) is 1. The lowest BCUT2D eigenvalue weighted by atomic mass is 10.2. The number of hydrogen-bond donors (Lipinski definition) is 2. The molecule has 12 heteroatoms. The monoisotopic (exact) mass is 423 g/mol. The molecular weight excluding hydrogens is 406 g/mol. The van der Waals surface area contributed by atoms with Crippen molar-refractivity contribution in [1.82, 2.24) is 39.3 Å². The lowest BCUT2D eigenvalue weighted by Gasteiger charge is -2.05. The summed E-state index contributed by atoms with van der Waals surface area (Å²) in [5.74, 6) is -0.597. The molecular formula is C18H17N9O2S. The molecule has 3 N–H and O–H groups in total. The number of nitrogens with one attached hydrogen (secondary N) is 1. The first-order chi connectivity index (χ1) is 14.4. The number of H-pyrrole nitrogens is 1. The third-order valence-electron chi connectivity index (χ3n) is 4.94. The fourth-order valence-electron chi connectivity index (χ4n) is 3.57. The zero-order chi connectivity index (χ0) is 21.0. The molecule has 0 aliphatic heterocycles. The molecule has 0 aliphatic rings. The number of amides is 1. The molecule has 11 nitrogen and oxygen atoms in total. The molecule has 0 bridgehead atoms. The first-order valence-corrected chi connectivity index (χ1v) is 9.88. The molecule has 0 saturated carbocycles. The van der Waals surface area contributed by atoms with Crippen molar-refractivity contribution in [3.63, 3.8) is 0 Å². The van der Waals surface area contributed by atoms with E-state index in [4.69, 9.17) is 10.7 Å². The summed E-state index contributed by atoms with van der Waals surface area (Å²) < 4.78 is 5.47. The average Bonchev–Trinajstić information content (AvgIpc) is 3.46. The van der Waals surface area contributed by atoms with Crippen LogP contribution < -0.4 is 11.3 Å². The predicted octanol–water partition coefficient (Wildman–Crippen LogP) is 0.539. The molecule has 30 heavy (non-hydrogen) atoms. The van der Waals surface area contributed by atoms with Gasteiger partial charge < -0.3 is 10.3 Å². The highest BCUT2D eigenvalue weighted by Gasteiger charge is 2.20. The van der Waals surface area contributed by atoms with E-state index in [-0.39, 0.29) is 17.7 Å². The van der Waals surface area contributed by atoms with E-state index < -0.39 is 5.91 Å². The summed E-state index contributed by atoms with van der Waals surface area (Å²) in [7, 11) is 3.50. The fourth-order valence-corrected chi connectivity index (χ4v) is 4.69. The molecule has 5 rings (SSSR count). The molecule has 0 aromatic carbocycles. The molecule has 0 unspecified atom stereocenters. The fraction of sp³-hybridized carbons (Fsp3) is 0.222. The smallest absolute Gasteiger partial charge is 0.291 e. The number of aromatic nitrogens is 8. The highest BCUT2D eigenvalue weighted by atomic mass is 32.1. The second-order valence-corrected chi connectivity index (χ2v) is 8.06. The topological polar surface area (TPSA) is 142 Å². The molecule has 0 saturated heterocycles. The Bertz CT molecular complexity index is 1470. The number of primary amides is 1. The lowest BCUT2D eigenvalue weighted by molar-refractivity contribution is 0.0999. The van der Waals surface area contributed by atoms with E-state index in [0.717, 1.165) is 26.4 Å². The van der Waals surface area contributed by atoms with Crippen LogP contribution in [0.3, 0.4) is 0 Å². The SMILES string of the molecule is Cn1cc(C(N)=O)c(Cn2ncc3c4sc(Cc5ccn[nH]5)nc4n(C)c3c2=O)n1. The molecule has 5 aromatic heterocycles. The van der Waals surface area contributed by atoms with Crippen LogP contribution in [0.2, 0.25) is 0 Å². The number of hydrogen-bond acceptors (Lipinski definition) is 7. The zero-order valence-electron chi connectivity index (χ0n) is 16.2. The summed E-state index contributed by atoms with van der Waals surface area (Å²) >= 11 is 1.53. The Morgan fingerprint density at radius 2 is 2.17 bits per heavy atom. The van der Waals surface area contributed by atoms with Gasteiger partial charge in [0.25, 0.3) is 11.5 Å². The maximum absolute atomic E-state index is 13.1. The van der Waals surface area contributed by atoms with Crippen LogP contribution in [0.5, 0.6) is 0 Å². The predicted molar refractivity (Wildman–Crippen MR) is 110 cm³/mol. The van der Waals surface area contributed by atoms with Crippen molar-refractivity contribution < 1.29 is 4.79 Å². The molecule has 0 radical (unpaired) electrons. The molecule has 152 valence electrons. The number of thiazole rings is 1.